The first-order chi connectivity index (χ1) is 11.6. The molecule has 1 aromatic rings. The predicted molar refractivity (Wildman–Crippen MR) is 95.1 cm³/mol. The van der Waals surface area contributed by atoms with E-state index in [0.29, 0.717) is 18.0 Å². The molecule has 1 saturated carbocycles. The van der Waals surface area contributed by atoms with Gasteiger partial charge in [0.25, 0.3) is 0 Å². The van der Waals surface area contributed by atoms with Crippen LogP contribution in [0.4, 0.5) is 5.69 Å². The third kappa shape index (κ3) is 5.25. The van der Waals surface area contributed by atoms with Gasteiger partial charge in [0.15, 0.2) is 0 Å². The van der Waals surface area contributed by atoms with Crippen molar-refractivity contribution in [2.75, 3.05) is 18.5 Å². The monoisotopic (exact) mass is 332 g/mol. The number of carbonyl (C=O) groups is 2. The van der Waals surface area contributed by atoms with E-state index >= 15 is 0 Å². The van der Waals surface area contributed by atoms with E-state index in [9.17, 15) is 9.59 Å². The number of para-hydroxylation sites is 2. The molecule has 1 fully saturated rings. The summed E-state index contributed by atoms with van der Waals surface area (Å²) in [6.07, 6.45) is 6.67. The van der Waals surface area contributed by atoms with Gasteiger partial charge in [-0.3, -0.25) is 9.59 Å². The Labute approximate surface area is 144 Å². The number of nitrogens with zero attached hydrogens (tertiary/aromatic N) is 1. The number of anilines is 1. The Balaban J connectivity index is 2.01. The molecule has 0 spiro atoms. The average Bonchev–Trinajstić information content (AvgIpc) is 2.83. The molecule has 0 saturated heterocycles. The molecule has 0 aromatic heterocycles. The smallest absolute Gasteiger partial charge is 0.244 e. The Hall–Kier alpha value is -2.04. The molecule has 5 nitrogen and oxygen atoms in total. The second kappa shape index (κ2) is 9.30. The molecular weight excluding hydrogens is 304 g/mol. The highest BCUT2D eigenvalue weighted by molar-refractivity contribution is 5.95. The van der Waals surface area contributed by atoms with Crippen LogP contribution in [0.5, 0.6) is 5.75 Å². The van der Waals surface area contributed by atoms with E-state index < -0.39 is 0 Å². The summed E-state index contributed by atoms with van der Waals surface area (Å²) in [5.41, 5.74) is 0.647. The van der Waals surface area contributed by atoms with Gasteiger partial charge in [-0.1, -0.05) is 37.8 Å². The van der Waals surface area contributed by atoms with Gasteiger partial charge in [-0.2, -0.15) is 0 Å². The second-order valence-electron chi connectivity index (χ2n) is 6.27. The fourth-order valence-electron chi connectivity index (χ4n) is 3.26. The van der Waals surface area contributed by atoms with Crippen molar-refractivity contribution in [1.82, 2.24) is 4.90 Å². The minimum Gasteiger partial charge on any atom is -0.492 e. The SMILES string of the molecule is CCOc1ccccc1NC(=O)CN(C(C)=O)C1CCCCCC1. The number of benzene rings is 1. The first-order valence-corrected chi connectivity index (χ1v) is 8.90. The minimum atomic E-state index is -0.179. The molecule has 2 rings (SSSR count). The van der Waals surface area contributed by atoms with Crippen molar-refractivity contribution in [2.45, 2.75) is 58.4 Å². The Morgan fingerprint density at radius 3 is 2.46 bits per heavy atom. The lowest BCUT2D eigenvalue weighted by Crippen LogP contribution is -2.43. The van der Waals surface area contributed by atoms with E-state index in [1.165, 1.54) is 12.8 Å². The predicted octanol–water partition coefficient (Wildman–Crippen LogP) is 3.60. The maximum Gasteiger partial charge on any atom is 0.244 e. The van der Waals surface area contributed by atoms with E-state index in [1.807, 2.05) is 31.2 Å². The molecule has 2 amide bonds. The molecule has 132 valence electrons. The van der Waals surface area contributed by atoms with Crippen molar-refractivity contribution >= 4 is 17.5 Å². The van der Waals surface area contributed by atoms with Crippen LogP contribution in [0.2, 0.25) is 0 Å². The van der Waals surface area contributed by atoms with Gasteiger partial charge >= 0.3 is 0 Å². The summed E-state index contributed by atoms with van der Waals surface area (Å²) in [6.45, 7) is 4.09. The number of hydrogen-bond donors (Lipinski definition) is 1. The van der Waals surface area contributed by atoms with E-state index in [1.54, 1.807) is 11.8 Å². The van der Waals surface area contributed by atoms with Crippen LogP contribution in [0.15, 0.2) is 24.3 Å². The lowest BCUT2D eigenvalue weighted by molar-refractivity contribution is -0.135. The van der Waals surface area contributed by atoms with Crippen LogP contribution < -0.4 is 10.1 Å². The van der Waals surface area contributed by atoms with E-state index in [0.717, 1.165) is 25.7 Å². The van der Waals surface area contributed by atoms with Crippen molar-refractivity contribution < 1.29 is 14.3 Å². The van der Waals surface area contributed by atoms with Crippen LogP contribution in [0.3, 0.4) is 0 Å². The van der Waals surface area contributed by atoms with Gasteiger partial charge in [0, 0.05) is 13.0 Å². The summed E-state index contributed by atoms with van der Waals surface area (Å²) in [5.74, 6) is 0.439. The van der Waals surface area contributed by atoms with Gasteiger partial charge in [0.2, 0.25) is 11.8 Å². The maximum atomic E-state index is 12.5. The number of carbonyl (C=O) groups excluding carboxylic acids is 2. The zero-order valence-corrected chi connectivity index (χ0v) is 14.7. The maximum absolute atomic E-state index is 12.5. The lowest BCUT2D eigenvalue weighted by Gasteiger charge is -2.29. The van der Waals surface area contributed by atoms with Gasteiger partial charge in [-0.05, 0) is 31.9 Å². The van der Waals surface area contributed by atoms with E-state index in [-0.39, 0.29) is 24.4 Å². The van der Waals surface area contributed by atoms with Gasteiger partial charge in [0.05, 0.1) is 12.3 Å². The number of ether oxygens (including phenoxy) is 1. The highest BCUT2D eigenvalue weighted by Crippen LogP contribution is 2.25. The molecule has 0 aliphatic heterocycles. The van der Waals surface area contributed by atoms with Crippen LogP contribution >= 0.6 is 0 Å². The fraction of sp³-hybridized carbons (Fsp3) is 0.579. The molecule has 1 aliphatic rings. The zero-order valence-electron chi connectivity index (χ0n) is 14.7. The molecule has 1 N–H and O–H groups in total. The summed E-state index contributed by atoms with van der Waals surface area (Å²) in [6, 6.07) is 7.54. The Kier molecular flexibility index (Phi) is 7.09. The van der Waals surface area contributed by atoms with Crippen molar-refractivity contribution in [1.29, 1.82) is 0 Å². The standard InChI is InChI=1S/C19H28N2O3/c1-3-24-18-13-9-8-12-17(18)20-19(23)14-21(15(2)22)16-10-6-4-5-7-11-16/h8-9,12-13,16H,3-7,10-11,14H2,1-2H3,(H,20,23). The number of nitrogens with one attached hydrogen (secondary N) is 1. The normalized spacial score (nSPS) is 15.4. The fourth-order valence-corrected chi connectivity index (χ4v) is 3.26. The number of amides is 2. The Morgan fingerprint density at radius 1 is 1.17 bits per heavy atom. The van der Waals surface area contributed by atoms with E-state index in [2.05, 4.69) is 5.32 Å². The Bertz CT molecular complexity index is 551. The first kappa shape index (κ1) is 18.3. The third-order valence-electron chi connectivity index (χ3n) is 4.44. The zero-order chi connectivity index (χ0) is 17.4. The molecule has 0 atom stereocenters. The molecule has 5 heteroatoms. The Morgan fingerprint density at radius 2 is 1.83 bits per heavy atom. The molecule has 0 radical (unpaired) electrons. The van der Waals surface area contributed by atoms with Gasteiger partial charge in [-0.15, -0.1) is 0 Å². The lowest BCUT2D eigenvalue weighted by atomic mass is 10.1. The van der Waals surface area contributed by atoms with Crippen LogP contribution in [0.1, 0.15) is 52.4 Å². The van der Waals surface area contributed by atoms with E-state index in [4.69, 9.17) is 4.74 Å². The summed E-state index contributed by atoms with van der Waals surface area (Å²) in [4.78, 5) is 26.2. The van der Waals surface area contributed by atoms with Crippen molar-refractivity contribution in [3.8, 4) is 5.75 Å². The topological polar surface area (TPSA) is 58.6 Å². The summed E-state index contributed by atoms with van der Waals surface area (Å²) in [5, 5.41) is 2.88. The average molecular weight is 332 g/mol. The van der Waals surface area contributed by atoms with Gasteiger partial charge in [0.1, 0.15) is 12.3 Å². The number of hydrogen-bond acceptors (Lipinski definition) is 3. The van der Waals surface area contributed by atoms with Crippen LogP contribution in [-0.4, -0.2) is 35.9 Å². The summed E-state index contributed by atoms with van der Waals surface area (Å²) in [7, 11) is 0. The molecule has 24 heavy (non-hydrogen) atoms. The highest BCUT2D eigenvalue weighted by Gasteiger charge is 2.24. The minimum absolute atomic E-state index is 0.0323. The van der Waals surface area contributed by atoms with Crippen LogP contribution in [-0.2, 0) is 9.59 Å². The second-order valence-corrected chi connectivity index (χ2v) is 6.27. The van der Waals surface area contributed by atoms with Crippen molar-refractivity contribution in [3.63, 3.8) is 0 Å². The molecule has 0 unspecified atom stereocenters. The quantitative estimate of drug-likeness (QED) is 0.810. The van der Waals surface area contributed by atoms with Crippen LogP contribution in [0.25, 0.3) is 0 Å². The molecule has 0 heterocycles. The van der Waals surface area contributed by atoms with Gasteiger partial charge < -0.3 is 15.0 Å². The third-order valence-corrected chi connectivity index (χ3v) is 4.44. The summed E-state index contributed by atoms with van der Waals surface area (Å²) >= 11 is 0. The summed E-state index contributed by atoms with van der Waals surface area (Å²) < 4.78 is 5.53. The van der Waals surface area contributed by atoms with Gasteiger partial charge in [-0.25, -0.2) is 0 Å². The molecular formula is C19H28N2O3. The highest BCUT2D eigenvalue weighted by atomic mass is 16.5. The van der Waals surface area contributed by atoms with Crippen molar-refractivity contribution in [3.05, 3.63) is 24.3 Å². The molecule has 1 aromatic carbocycles. The first-order valence-electron chi connectivity index (χ1n) is 8.90. The van der Waals surface area contributed by atoms with Crippen LogP contribution in [0, 0.1) is 0 Å². The molecule has 1 aliphatic carbocycles. The largest absolute Gasteiger partial charge is 0.492 e. The van der Waals surface area contributed by atoms with Crippen molar-refractivity contribution in [2.24, 2.45) is 0 Å². The number of rotatable bonds is 6. The molecule has 0 bridgehead atoms.